The average Bonchev–Trinajstić information content (AvgIpc) is 3.09. The zero-order valence-electron chi connectivity index (χ0n) is 13.1. The molecule has 0 amide bonds. The van der Waals surface area contributed by atoms with Gasteiger partial charge in [-0.05, 0) is 27.7 Å². The largest absolute Gasteiger partial charge is 0.297 e. The summed E-state index contributed by atoms with van der Waals surface area (Å²) in [5.41, 5.74) is 13.6. The van der Waals surface area contributed by atoms with Gasteiger partial charge in [0.05, 0.1) is 0 Å². The van der Waals surface area contributed by atoms with Crippen molar-refractivity contribution in [2.24, 2.45) is 11.5 Å². The maximum Gasteiger partial charge on any atom is 0.179 e. The van der Waals surface area contributed by atoms with Gasteiger partial charge in [0.2, 0.25) is 0 Å². The fraction of sp³-hybridized carbons (Fsp3) is 1.00. The van der Waals surface area contributed by atoms with Crippen molar-refractivity contribution in [1.82, 2.24) is 19.6 Å². The van der Waals surface area contributed by atoms with Crippen LogP contribution in [-0.4, -0.2) is 81.5 Å². The van der Waals surface area contributed by atoms with Crippen molar-refractivity contribution < 1.29 is 0 Å². The first-order valence-corrected chi connectivity index (χ1v) is 7.96. The average molecular weight is 280 g/mol. The monoisotopic (exact) mass is 280 g/mol. The molecule has 20 heavy (non-hydrogen) atoms. The Labute approximate surface area is 121 Å². The smallest absolute Gasteiger partial charge is 0.179 e. The molecule has 0 spiro atoms. The molecule has 8 atom stereocenters. The SMILES string of the molecule is CC1CN1C(N)(N)C(N1CC1C)(N1CC1C)N1CC1C. The third-order valence-corrected chi connectivity index (χ3v) is 5.65. The normalized spacial score (nSPS) is 56.1. The van der Waals surface area contributed by atoms with Crippen LogP contribution in [0.2, 0.25) is 0 Å². The molecule has 4 heterocycles. The van der Waals surface area contributed by atoms with Gasteiger partial charge in [-0.15, -0.1) is 0 Å². The van der Waals surface area contributed by atoms with Crippen LogP contribution in [0.3, 0.4) is 0 Å². The van der Waals surface area contributed by atoms with Gasteiger partial charge in [-0.1, -0.05) is 0 Å². The number of nitrogens with zero attached hydrogens (tertiary/aromatic N) is 4. The summed E-state index contributed by atoms with van der Waals surface area (Å²) in [4.78, 5) is 9.77. The Balaban J connectivity index is 1.75. The van der Waals surface area contributed by atoms with E-state index in [1.807, 2.05) is 0 Å². The van der Waals surface area contributed by atoms with Crippen LogP contribution < -0.4 is 11.5 Å². The van der Waals surface area contributed by atoms with Gasteiger partial charge in [0.15, 0.2) is 11.6 Å². The quantitative estimate of drug-likeness (QED) is 0.499. The van der Waals surface area contributed by atoms with Crippen LogP contribution in [0.15, 0.2) is 0 Å². The molecule has 0 aromatic heterocycles. The summed E-state index contributed by atoms with van der Waals surface area (Å²) in [7, 11) is 0. The molecule has 0 saturated carbocycles. The predicted molar refractivity (Wildman–Crippen MR) is 78.5 cm³/mol. The van der Waals surface area contributed by atoms with Crippen LogP contribution in [0.1, 0.15) is 27.7 Å². The van der Waals surface area contributed by atoms with Gasteiger partial charge in [0, 0.05) is 50.3 Å². The molecule has 0 aromatic rings. The van der Waals surface area contributed by atoms with Crippen LogP contribution in [0, 0.1) is 0 Å². The maximum absolute atomic E-state index is 6.78. The minimum Gasteiger partial charge on any atom is -0.297 e. The highest BCUT2D eigenvalue weighted by Crippen LogP contribution is 2.52. The first-order chi connectivity index (χ1) is 9.31. The molecule has 114 valence electrons. The Hall–Kier alpha value is -0.240. The highest BCUT2D eigenvalue weighted by atomic mass is 15.8. The molecule has 4 aliphatic heterocycles. The highest BCUT2D eigenvalue weighted by molar-refractivity contribution is 5.22. The molecule has 6 nitrogen and oxygen atoms in total. The van der Waals surface area contributed by atoms with E-state index in [0.29, 0.717) is 24.2 Å². The molecule has 0 bridgehead atoms. The van der Waals surface area contributed by atoms with Crippen molar-refractivity contribution >= 4 is 0 Å². The van der Waals surface area contributed by atoms with Crippen molar-refractivity contribution in [1.29, 1.82) is 0 Å². The van der Waals surface area contributed by atoms with Gasteiger partial charge in [0.25, 0.3) is 0 Å². The van der Waals surface area contributed by atoms with Crippen molar-refractivity contribution in [2.45, 2.75) is 63.4 Å². The van der Waals surface area contributed by atoms with Crippen LogP contribution >= 0.6 is 0 Å². The first kappa shape index (κ1) is 13.4. The Bertz CT molecular complexity index is 397. The summed E-state index contributed by atoms with van der Waals surface area (Å²) in [6, 6.07) is 2.25. The van der Waals surface area contributed by atoms with E-state index < -0.39 is 5.79 Å². The standard InChI is InChI=1S/C14H28N6/c1-9-5-17(9)13(15,16)14(18-6-10(18)2,19-7-11(19)3)20-8-12(20)4/h9-12H,5-8,15-16H2,1-4H3. The number of hydrogen-bond acceptors (Lipinski definition) is 6. The molecule has 0 aromatic carbocycles. The summed E-state index contributed by atoms with van der Waals surface area (Å²) in [5, 5.41) is 0. The second kappa shape index (κ2) is 3.74. The van der Waals surface area contributed by atoms with Gasteiger partial charge >= 0.3 is 0 Å². The summed E-state index contributed by atoms with van der Waals surface area (Å²) < 4.78 is 0. The van der Waals surface area contributed by atoms with Crippen molar-refractivity contribution in [3.8, 4) is 0 Å². The van der Waals surface area contributed by atoms with Gasteiger partial charge in [-0.3, -0.25) is 31.1 Å². The fourth-order valence-corrected chi connectivity index (χ4v) is 4.15. The lowest BCUT2D eigenvalue weighted by Crippen LogP contribution is -2.81. The molecule has 0 aliphatic carbocycles. The third-order valence-electron chi connectivity index (χ3n) is 5.65. The Morgan fingerprint density at radius 2 is 0.900 bits per heavy atom. The Kier molecular flexibility index (Phi) is 2.51. The van der Waals surface area contributed by atoms with E-state index >= 15 is 0 Å². The van der Waals surface area contributed by atoms with E-state index in [4.69, 9.17) is 11.5 Å². The molecule has 4 rings (SSSR count). The van der Waals surface area contributed by atoms with Crippen molar-refractivity contribution in [3.05, 3.63) is 0 Å². The number of hydrogen-bond donors (Lipinski definition) is 2. The lowest BCUT2D eigenvalue weighted by Gasteiger charge is -2.51. The van der Waals surface area contributed by atoms with E-state index in [-0.39, 0.29) is 5.79 Å². The first-order valence-electron chi connectivity index (χ1n) is 7.96. The molecule has 4 N–H and O–H groups in total. The lowest BCUT2D eigenvalue weighted by molar-refractivity contribution is -0.130. The van der Waals surface area contributed by atoms with Gasteiger partial charge in [-0.2, -0.15) is 0 Å². The summed E-state index contributed by atoms with van der Waals surface area (Å²) in [5.74, 6) is -1.11. The van der Waals surface area contributed by atoms with Crippen LogP contribution in [0.4, 0.5) is 0 Å². The third kappa shape index (κ3) is 1.55. The fourth-order valence-electron chi connectivity index (χ4n) is 4.15. The molecule has 8 unspecified atom stereocenters. The van der Waals surface area contributed by atoms with Gasteiger partial charge < -0.3 is 0 Å². The summed E-state index contributed by atoms with van der Waals surface area (Å²) >= 11 is 0. The Morgan fingerprint density at radius 1 is 0.650 bits per heavy atom. The highest BCUT2D eigenvalue weighted by Gasteiger charge is 2.74. The van der Waals surface area contributed by atoms with Gasteiger partial charge in [0.1, 0.15) is 0 Å². The minimum atomic E-state index is -0.799. The second-order valence-electron chi connectivity index (χ2n) is 7.47. The van der Waals surface area contributed by atoms with Crippen LogP contribution in [-0.2, 0) is 0 Å². The topological polar surface area (TPSA) is 64.1 Å². The molecular formula is C14H28N6. The summed E-state index contributed by atoms with van der Waals surface area (Å²) in [6.07, 6.45) is 0. The van der Waals surface area contributed by atoms with Crippen LogP contribution in [0.5, 0.6) is 0 Å². The van der Waals surface area contributed by atoms with E-state index in [9.17, 15) is 0 Å². The lowest BCUT2D eigenvalue weighted by atomic mass is 10.1. The zero-order chi connectivity index (χ0) is 14.4. The van der Waals surface area contributed by atoms with E-state index in [2.05, 4.69) is 47.3 Å². The molecule has 4 saturated heterocycles. The molecular weight excluding hydrogens is 252 g/mol. The summed E-state index contributed by atoms with van der Waals surface area (Å²) in [6.45, 7) is 13.4. The van der Waals surface area contributed by atoms with Crippen molar-refractivity contribution in [3.63, 3.8) is 0 Å². The number of rotatable bonds is 5. The van der Waals surface area contributed by atoms with E-state index in [1.165, 1.54) is 0 Å². The van der Waals surface area contributed by atoms with Crippen molar-refractivity contribution in [2.75, 3.05) is 26.2 Å². The Morgan fingerprint density at radius 3 is 1.10 bits per heavy atom. The second-order valence-corrected chi connectivity index (χ2v) is 7.47. The number of nitrogens with two attached hydrogens (primary N) is 2. The molecule has 0 radical (unpaired) electrons. The van der Waals surface area contributed by atoms with Crippen LogP contribution in [0.25, 0.3) is 0 Å². The molecule has 6 heteroatoms. The van der Waals surface area contributed by atoms with E-state index in [0.717, 1.165) is 26.2 Å². The predicted octanol–water partition coefficient (Wildman–Crippen LogP) is -0.972. The zero-order valence-corrected chi connectivity index (χ0v) is 13.1. The minimum absolute atomic E-state index is 0.310. The molecule has 4 aliphatic rings. The molecule has 4 fully saturated rings. The van der Waals surface area contributed by atoms with E-state index in [1.54, 1.807) is 0 Å². The van der Waals surface area contributed by atoms with Gasteiger partial charge in [-0.25, -0.2) is 0 Å². The maximum atomic E-state index is 6.78.